The Hall–Kier alpha value is -2.23. The van der Waals surface area contributed by atoms with E-state index in [1.807, 2.05) is 54.6 Å². The highest BCUT2D eigenvalue weighted by Crippen LogP contribution is 2.47. The van der Waals surface area contributed by atoms with E-state index in [-0.39, 0.29) is 11.0 Å². The van der Waals surface area contributed by atoms with E-state index in [2.05, 4.69) is 12.1 Å². The van der Waals surface area contributed by atoms with Crippen LogP contribution in [0.3, 0.4) is 0 Å². The molecule has 1 heterocycles. The number of para-hydroxylation sites is 2. The number of phenolic OH excluding ortho intramolecular Hbond substituents is 1. The van der Waals surface area contributed by atoms with Gasteiger partial charge in [0.25, 0.3) is 0 Å². The normalized spacial score (nSPS) is 16.7. The van der Waals surface area contributed by atoms with Crippen LogP contribution >= 0.6 is 23.4 Å². The molecule has 1 N–H and O–H groups in total. The maximum absolute atomic E-state index is 10.3. The number of nitrogens with zero attached hydrogens (tertiary/aromatic N) is 1. The minimum atomic E-state index is 0.135. The van der Waals surface area contributed by atoms with Crippen molar-refractivity contribution >= 4 is 34.8 Å². The molecule has 0 spiro atoms. The SMILES string of the molecule is Oc1ccccc1C1=Nc2ccccc2S[C@@H](c2ccccc2Cl)C1. The van der Waals surface area contributed by atoms with Gasteiger partial charge in [-0.2, -0.15) is 0 Å². The number of halogens is 1. The first-order valence-electron chi connectivity index (χ1n) is 8.08. The van der Waals surface area contributed by atoms with Gasteiger partial charge in [0.15, 0.2) is 0 Å². The summed E-state index contributed by atoms with van der Waals surface area (Å²) in [5, 5.41) is 11.2. The van der Waals surface area contributed by atoms with E-state index in [0.717, 1.165) is 32.4 Å². The zero-order chi connectivity index (χ0) is 17.2. The van der Waals surface area contributed by atoms with E-state index < -0.39 is 0 Å². The van der Waals surface area contributed by atoms with E-state index in [4.69, 9.17) is 16.6 Å². The van der Waals surface area contributed by atoms with Gasteiger partial charge in [-0.05, 0) is 35.9 Å². The minimum Gasteiger partial charge on any atom is -0.507 e. The van der Waals surface area contributed by atoms with E-state index in [0.29, 0.717) is 6.42 Å². The second kappa shape index (κ2) is 6.95. The molecule has 0 radical (unpaired) electrons. The molecular weight excluding hydrogens is 350 g/mol. The van der Waals surface area contributed by atoms with Gasteiger partial charge in [-0.1, -0.05) is 54.1 Å². The second-order valence-corrected chi connectivity index (χ2v) is 7.53. The molecule has 1 aliphatic heterocycles. The molecule has 0 saturated heterocycles. The van der Waals surface area contributed by atoms with Gasteiger partial charge in [0, 0.05) is 27.2 Å². The van der Waals surface area contributed by atoms with Crippen LogP contribution in [0, 0.1) is 0 Å². The molecule has 124 valence electrons. The number of rotatable bonds is 2. The molecule has 0 unspecified atom stereocenters. The lowest BCUT2D eigenvalue weighted by Crippen LogP contribution is -2.06. The number of fused-ring (bicyclic) bond motifs is 1. The Morgan fingerprint density at radius 1 is 0.920 bits per heavy atom. The van der Waals surface area contributed by atoms with Gasteiger partial charge >= 0.3 is 0 Å². The van der Waals surface area contributed by atoms with Gasteiger partial charge in [0.2, 0.25) is 0 Å². The molecule has 1 atom stereocenters. The fourth-order valence-electron chi connectivity index (χ4n) is 3.01. The molecule has 3 aromatic carbocycles. The zero-order valence-corrected chi connectivity index (χ0v) is 15.0. The lowest BCUT2D eigenvalue weighted by atomic mass is 10.0. The van der Waals surface area contributed by atoms with Crippen molar-refractivity contribution < 1.29 is 5.11 Å². The third kappa shape index (κ3) is 3.30. The highest BCUT2D eigenvalue weighted by molar-refractivity contribution is 7.99. The lowest BCUT2D eigenvalue weighted by Gasteiger charge is -2.17. The number of hydrogen-bond donors (Lipinski definition) is 1. The van der Waals surface area contributed by atoms with E-state index in [1.165, 1.54) is 0 Å². The topological polar surface area (TPSA) is 32.6 Å². The Balaban J connectivity index is 1.85. The number of aliphatic imine (C=N–C) groups is 1. The van der Waals surface area contributed by atoms with Crippen LogP contribution in [0.1, 0.15) is 22.8 Å². The number of hydrogen-bond acceptors (Lipinski definition) is 3. The summed E-state index contributed by atoms with van der Waals surface area (Å²) in [5.74, 6) is 0.253. The van der Waals surface area contributed by atoms with Gasteiger partial charge in [-0.15, -0.1) is 11.8 Å². The quantitative estimate of drug-likeness (QED) is 0.569. The third-order valence-corrected chi connectivity index (χ3v) is 5.88. The van der Waals surface area contributed by atoms with Crippen molar-refractivity contribution in [1.29, 1.82) is 0 Å². The van der Waals surface area contributed by atoms with Gasteiger partial charge in [0.1, 0.15) is 5.75 Å². The first kappa shape index (κ1) is 16.2. The summed E-state index contributed by atoms with van der Waals surface area (Å²) in [7, 11) is 0. The molecule has 3 aromatic rings. The molecule has 0 saturated carbocycles. The monoisotopic (exact) mass is 365 g/mol. The van der Waals surface area contributed by atoms with Gasteiger partial charge in [-0.3, -0.25) is 4.99 Å². The van der Waals surface area contributed by atoms with Gasteiger partial charge < -0.3 is 5.11 Å². The first-order valence-corrected chi connectivity index (χ1v) is 9.34. The van der Waals surface area contributed by atoms with Crippen molar-refractivity contribution in [3.05, 3.63) is 88.9 Å². The van der Waals surface area contributed by atoms with Crippen molar-refractivity contribution in [3.63, 3.8) is 0 Å². The van der Waals surface area contributed by atoms with Crippen molar-refractivity contribution in [2.45, 2.75) is 16.6 Å². The predicted molar refractivity (Wildman–Crippen MR) is 105 cm³/mol. The van der Waals surface area contributed by atoms with Gasteiger partial charge in [-0.25, -0.2) is 0 Å². The fourth-order valence-corrected chi connectivity index (χ4v) is 4.61. The summed E-state index contributed by atoms with van der Waals surface area (Å²) >= 11 is 8.23. The average Bonchev–Trinajstić information content (AvgIpc) is 2.82. The standard InChI is InChI=1S/C21H16ClNOS/c22-16-9-3-1-7-14(16)21-13-18(15-8-2-5-11-19(15)24)23-17-10-4-6-12-20(17)25-21/h1-12,21,24H,13H2/t21-/m1/s1. The first-order chi connectivity index (χ1) is 12.2. The highest BCUT2D eigenvalue weighted by Gasteiger charge is 2.24. The molecular formula is C21H16ClNOS. The molecule has 0 aromatic heterocycles. The molecule has 25 heavy (non-hydrogen) atoms. The summed E-state index contributed by atoms with van der Waals surface area (Å²) in [4.78, 5) is 5.99. The van der Waals surface area contributed by atoms with Crippen LogP contribution in [-0.4, -0.2) is 10.8 Å². The molecule has 0 fully saturated rings. The fraction of sp³-hybridized carbons (Fsp3) is 0.0952. The van der Waals surface area contributed by atoms with E-state index in [9.17, 15) is 5.11 Å². The summed E-state index contributed by atoms with van der Waals surface area (Å²) in [6.45, 7) is 0. The lowest BCUT2D eigenvalue weighted by molar-refractivity contribution is 0.474. The Morgan fingerprint density at radius 2 is 1.64 bits per heavy atom. The molecule has 0 aliphatic carbocycles. The smallest absolute Gasteiger partial charge is 0.124 e. The summed E-state index contributed by atoms with van der Waals surface area (Å²) in [5.41, 5.74) is 3.67. The third-order valence-electron chi connectivity index (χ3n) is 4.24. The van der Waals surface area contributed by atoms with Crippen LogP contribution in [0.2, 0.25) is 5.02 Å². The Bertz CT molecular complexity index is 954. The van der Waals surface area contributed by atoms with Gasteiger partial charge in [0.05, 0.1) is 11.4 Å². The van der Waals surface area contributed by atoms with Crippen LogP contribution < -0.4 is 0 Å². The predicted octanol–water partition coefficient (Wildman–Crippen LogP) is 6.40. The maximum Gasteiger partial charge on any atom is 0.124 e. The molecule has 2 nitrogen and oxygen atoms in total. The number of phenols is 1. The van der Waals surface area contributed by atoms with Crippen molar-refractivity contribution in [1.82, 2.24) is 0 Å². The van der Waals surface area contributed by atoms with E-state index >= 15 is 0 Å². The second-order valence-electron chi connectivity index (χ2n) is 5.88. The van der Waals surface area contributed by atoms with Crippen molar-refractivity contribution in [2.75, 3.05) is 0 Å². The van der Waals surface area contributed by atoms with Crippen LogP contribution in [0.25, 0.3) is 0 Å². The Kier molecular flexibility index (Phi) is 4.51. The number of aromatic hydroxyl groups is 1. The Morgan fingerprint density at radius 3 is 2.48 bits per heavy atom. The molecule has 4 heteroatoms. The van der Waals surface area contributed by atoms with Crippen LogP contribution in [0.4, 0.5) is 5.69 Å². The highest BCUT2D eigenvalue weighted by atomic mass is 35.5. The molecule has 4 rings (SSSR count). The summed E-state index contributed by atoms with van der Waals surface area (Å²) in [6, 6.07) is 23.4. The molecule has 0 bridgehead atoms. The van der Waals surface area contributed by atoms with Crippen LogP contribution in [0.15, 0.2) is 82.7 Å². The largest absolute Gasteiger partial charge is 0.507 e. The summed E-state index contributed by atoms with van der Waals surface area (Å²) in [6.07, 6.45) is 0.695. The van der Waals surface area contributed by atoms with E-state index in [1.54, 1.807) is 17.8 Å². The molecule has 0 amide bonds. The number of thioether (sulfide) groups is 1. The van der Waals surface area contributed by atoms with Crippen LogP contribution in [0.5, 0.6) is 5.75 Å². The molecule has 1 aliphatic rings. The van der Waals surface area contributed by atoms with Crippen LogP contribution in [-0.2, 0) is 0 Å². The Labute approximate surface area is 156 Å². The maximum atomic E-state index is 10.3. The number of benzene rings is 3. The zero-order valence-electron chi connectivity index (χ0n) is 13.4. The van der Waals surface area contributed by atoms with Crippen molar-refractivity contribution in [2.24, 2.45) is 4.99 Å². The van der Waals surface area contributed by atoms with Crippen molar-refractivity contribution in [3.8, 4) is 5.75 Å². The summed E-state index contributed by atoms with van der Waals surface area (Å²) < 4.78 is 0. The minimum absolute atomic E-state index is 0.135. The average molecular weight is 366 g/mol.